The minimum atomic E-state index is -0.966. The second kappa shape index (κ2) is 3.40. The van der Waals surface area contributed by atoms with Crippen molar-refractivity contribution in [3.8, 4) is 0 Å². The van der Waals surface area contributed by atoms with Gasteiger partial charge in [-0.15, -0.1) is 0 Å². The molecule has 0 amide bonds. The van der Waals surface area contributed by atoms with Crippen LogP contribution in [0.5, 0.6) is 0 Å². The molecule has 1 fully saturated rings. The van der Waals surface area contributed by atoms with Gasteiger partial charge >= 0.3 is 7.26 Å². The summed E-state index contributed by atoms with van der Waals surface area (Å²) in [6, 6.07) is 0. The first-order valence-electron chi connectivity index (χ1n) is 4.26. The molecule has 0 unspecified atom stereocenters. The highest BCUT2D eigenvalue weighted by Gasteiger charge is 2.45. The molecule has 0 radical (unpaired) electrons. The standard InChI is InChI=1S/C5H15B3FN3/c1-6-10(3)7(2)12(5)8(9)11(6)4/h1-5H3. The molecule has 1 heterocycles. The Morgan fingerprint density at radius 2 is 1.17 bits per heavy atom. The summed E-state index contributed by atoms with van der Waals surface area (Å²) in [4.78, 5) is 0. The minimum absolute atomic E-state index is 0.159. The molecular formula is C5H15B3FN3. The second-order valence-corrected chi connectivity index (χ2v) is 3.57. The van der Waals surface area contributed by atoms with E-state index in [1.807, 2.05) is 20.7 Å². The van der Waals surface area contributed by atoms with Crippen LogP contribution in [0.25, 0.3) is 0 Å². The summed E-state index contributed by atoms with van der Waals surface area (Å²) >= 11 is 0. The summed E-state index contributed by atoms with van der Waals surface area (Å²) in [6.45, 7) is 4.34. The van der Waals surface area contributed by atoms with E-state index in [9.17, 15) is 4.32 Å². The molecule has 0 saturated carbocycles. The highest BCUT2D eigenvalue weighted by atomic mass is 19.1. The zero-order valence-corrected chi connectivity index (χ0v) is 8.45. The Kier molecular flexibility index (Phi) is 2.86. The summed E-state index contributed by atoms with van der Waals surface area (Å²) in [5.74, 6) is 0. The van der Waals surface area contributed by atoms with Crippen molar-refractivity contribution in [3.05, 3.63) is 0 Å². The van der Waals surface area contributed by atoms with Crippen LogP contribution < -0.4 is 0 Å². The van der Waals surface area contributed by atoms with Crippen molar-refractivity contribution in [1.29, 1.82) is 0 Å². The molecule has 0 bridgehead atoms. The Morgan fingerprint density at radius 1 is 0.833 bits per heavy atom. The molecule has 0 N–H and O–H groups in total. The fourth-order valence-corrected chi connectivity index (χ4v) is 1.53. The van der Waals surface area contributed by atoms with Crippen molar-refractivity contribution in [2.45, 2.75) is 13.6 Å². The van der Waals surface area contributed by atoms with E-state index in [-0.39, 0.29) is 14.0 Å². The van der Waals surface area contributed by atoms with Crippen LogP contribution in [0.3, 0.4) is 0 Å². The molecule has 12 heavy (non-hydrogen) atoms. The molecule has 0 aromatic rings. The van der Waals surface area contributed by atoms with Crippen LogP contribution in [0.1, 0.15) is 0 Å². The van der Waals surface area contributed by atoms with Crippen LogP contribution in [-0.4, -0.2) is 56.5 Å². The van der Waals surface area contributed by atoms with Gasteiger partial charge in [0, 0.05) is 0 Å². The maximum atomic E-state index is 13.5. The van der Waals surface area contributed by atoms with Crippen LogP contribution >= 0.6 is 0 Å². The predicted molar refractivity (Wildman–Crippen MR) is 53.4 cm³/mol. The normalized spacial score (nSPS) is 24.0. The van der Waals surface area contributed by atoms with Crippen molar-refractivity contribution < 1.29 is 4.32 Å². The molecule has 0 spiro atoms. The van der Waals surface area contributed by atoms with Crippen molar-refractivity contribution in [1.82, 2.24) is 14.2 Å². The van der Waals surface area contributed by atoms with Gasteiger partial charge in [0.25, 0.3) is 14.0 Å². The maximum absolute atomic E-state index is 13.5. The van der Waals surface area contributed by atoms with Crippen LogP contribution in [0.15, 0.2) is 0 Å². The fourth-order valence-electron chi connectivity index (χ4n) is 1.53. The Hall–Kier alpha value is 0.00481. The van der Waals surface area contributed by atoms with Gasteiger partial charge in [-0.05, 0) is 21.1 Å². The molecule has 0 aromatic carbocycles. The van der Waals surface area contributed by atoms with Gasteiger partial charge < -0.3 is 14.2 Å². The summed E-state index contributed by atoms with van der Waals surface area (Å²) in [5.41, 5.74) is 0. The molecule has 0 aliphatic carbocycles. The predicted octanol–water partition coefficient (Wildman–Crippen LogP) is -0.0142. The topological polar surface area (TPSA) is 9.72 Å². The SMILES string of the molecule is CB1N(C)B(C)N(C)B(F)N1C. The largest absolute Gasteiger partial charge is 0.500 e. The molecule has 1 aliphatic heterocycles. The quantitative estimate of drug-likeness (QED) is 0.471. The van der Waals surface area contributed by atoms with Crippen molar-refractivity contribution in [2.24, 2.45) is 0 Å². The lowest BCUT2D eigenvalue weighted by atomic mass is 9.51. The number of hydrogen-bond donors (Lipinski definition) is 0. The van der Waals surface area contributed by atoms with Gasteiger partial charge in [0.15, 0.2) is 0 Å². The van der Waals surface area contributed by atoms with Gasteiger partial charge in [-0.1, -0.05) is 13.6 Å². The van der Waals surface area contributed by atoms with Gasteiger partial charge in [-0.2, -0.15) is 0 Å². The van der Waals surface area contributed by atoms with E-state index in [0.717, 1.165) is 0 Å². The summed E-state index contributed by atoms with van der Waals surface area (Å²) in [6.07, 6.45) is 0. The lowest BCUT2D eigenvalue weighted by Crippen LogP contribution is -2.71. The lowest BCUT2D eigenvalue weighted by Gasteiger charge is -2.44. The van der Waals surface area contributed by atoms with Crippen LogP contribution in [0.4, 0.5) is 4.32 Å². The van der Waals surface area contributed by atoms with E-state index in [2.05, 4.69) is 4.72 Å². The fraction of sp³-hybridized carbons (Fsp3) is 1.00. The van der Waals surface area contributed by atoms with Crippen LogP contribution in [-0.2, 0) is 0 Å². The smallest absolute Gasteiger partial charge is 0.360 e. The Morgan fingerprint density at radius 3 is 1.50 bits per heavy atom. The van der Waals surface area contributed by atoms with Gasteiger partial charge in [0.2, 0.25) is 0 Å². The summed E-state index contributed by atoms with van der Waals surface area (Å²) < 4.78 is 19.0. The number of hydrogen-bond acceptors (Lipinski definition) is 3. The number of halogens is 1. The van der Waals surface area contributed by atoms with Crippen molar-refractivity contribution in [3.63, 3.8) is 0 Å². The highest BCUT2D eigenvalue weighted by Crippen LogP contribution is 2.14. The van der Waals surface area contributed by atoms with E-state index < -0.39 is 7.26 Å². The average molecular weight is 169 g/mol. The maximum Gasteiger partial charge on any atom is 0.500 e. The third-order valence-corrected chi connectivity index (χ3v) is 3.03. The zero-order chi connectivity index (χ0) is 9.46. The first kappa shape index (κ1) is 10.1. The molecule has 3 nitrogen and oxygen atoms in total. The Bertz CT molecular complexity index is 113. The van der Waals surface area contributed by atoms with Gasteiger partial charge in [0.05, 0.1) is 0 Å². The monoisotopic (exact) mass is 169 g/mol. The molecule has 66 valence electrons. The zero-order valence-electron chi connectivity index (χ0n) is 8.45. The van der Waals surface area contributed by atoms with E-state index in [0.29, 0.717) is 0 Å². The first-order valence-corrected chi connectivity index (χ1v) is 4.26. The summed E-state index contributed by atoms with van der Waals surface area (Å²) in [5, 5.41) is 0. The molecule has 1 aliphatic rings. The third kappa shape index (κ3) is 1.41. The van der Waals surface area contributed by atoms with Gasteiger partial charge in [-0.3, -0.25) is 4.32 Å². The molecule has 1 saturated heterocycles. The van der Waals surface area contributed by atoms with E-state index in [1.165, 1.54) is 0 Å². The molecule has 1 rings (SSSR count). The van der Waals surface area contributed by atoms with E-state index in [1.54, 1.807) is 23.5 Å². The molecule has 7 heteroatoms. The van der Waals surface area contributed by atoms with Crippen molar-refractivity contribution >= 4 is 21.2 Å². The first-order chi connectivity index (χ1) is 5.46. The highest BCUT2D eigenvalue weighted by molar-refractivity contribution is 6.82. The van der Waals surface area contributed by atoms with Gasteiger partial charge in [0.1, 0.15) is 0 Å². The summed E-state index contributed by atoms with van der Waals surface area (Å²) in [7, 11) is 4.64. The average Bonchev–Trinajstić information content (AvgIpc) is 2.08. The minimum Gasteiger partial charge on any atom is -0.360 e. The van der Waals surface area contributed by atoms with Crippen molar-refractivity contribution in [2.75, 3.05) is 21.1 Å². The van der Waals surface area contributed by atoms with Crippen LogP contribution in [0, 0.1) is 0 Å². The number of rotatable bonds is 0. The Balaban J connectivity index is 2.76. The van der Waals surface area contributed by atoms with E-state index in [4.69, 9.17) is 0 Å². The Labute approximate surface area is 75.3 Å². The molecular weight excluding hydrogens is 154 g/mol. The molecule has 0 atom stereocenters. The van der Waals surface area contributed by atoms with E-state index >= 15 is 0 Å². The number of nitrogens with zero attached hydrogens (tertiary/aromatic N) is 3. The van der Waals surface area contributed by atoms with Crippen LogP contribution in [0.2, 0.25) is 13.6 Å². The van der Waals surface area contributed by atoms with Gasteiger partial charge in [-0.25, -0.2) is 0 Å². The lowest BCUT2D eigenvalue weighted by molar-refractivity contribution is 0.480. The third-order valence-electron chi connectivity index (χ3n) is 3.03. The second-order valence-electron chi connectivity index (χ2n) is 3.57. The molecule has 0 aromatic heterocycles.